The maximum Gasteiger partial charge on any atom is 0.246 e. The van der Waals surface area contributed by atoms with Gasteiger partial charge < -0.3 is 5.11 Å². The van der Waals surface area contributed by atoms with Gasteiger partial charge in [0.1, 0.15) is 5.75 Å². The molecule has 2 aliphatic heterocycles. The van der Waals surface area contributed by atoms with E-state index in [1.807, 2.05) is 42.5 Å². The van der Waals surface area contributed by atoms with Crippen molar-refractivity contribution in [1.82, 2.24) is 0 Å². The number of halogens is 2. The standard InChI is InChI=1S/C39H30Cl2N2O5/c1-21-18-22(10-17-32(21)44)34-28-15-16-29-33(37(47)42(35(29)45)26-13-11-24(40)12-14-26)30(28)20-31-36(46)43(27-9-5-8-25(41)19-27)38(48)39(31,34)23-6-3-2-4-7-23/h2-15,17-19,29-31,33-34,44H,16,20H2,1H3. The van der Waals surface area contributed by atoms with Crippen LogP contribution in [0.3, 0.4) is 0 Å². The molecule has 0 bridgehead atoms. The Hall–Kier alpha value is -4.72. The first-order valence-corrected chi connectivity index (χ1v) is 16.7. The third kappa shape index (κ3) is 4.27. The molecule has 8 rings (SSSR count). The Morgan fingerprint density at radius 3 is 2.19 bits per heavy atom. The fourth-order valence-electron chi connectivity index (χ4n) is 8.82. The molecule has 0 radical (unpaired) electrons. The van der Waals surface area contributed by atoms with E-state index in [2.05, 4.69) is 0 Å². The van der Waals surface area contributed by atoms with Crippen LogP contribution in [0.4, 0.5) is 11.4 Å². The minimum Gasteiger partial charge on any atom is -0.508 e. The Morgan fingerprint density at radius 2 is 1.48 bits per heavy atom. The number of allylic oxidation sites excluding steroid dienone is 2. The summed E-state index contributed by atoms with van der Waals surface area (Å²) in [4.78, 5) is 60.8. The zero-order chi connectivity index (χ0) is 33.5. The normalized spacial score (nSPS) is 27.9. The molecule has 1 saturated carbocycles. The van der Waals surface area contributed by atoms with E-state index in [-0.39, 0.29) is 35.8 Å². The highest BCUT2D eigenvalue weighted by atomic mass is 35.5. The minimum atomic E-state index is -1.37. The van der Waals surface area contributed by atoms with Gasteiger partial charge in [-0.3, -0.25) is 24.1 Å². The monoisotopic (exact) mass is 676 g/mol. The molecule has 7 nitrogen and oxygen atoms in total. The van der Waals surface area contributed by atoms with Gasteiger partial charge in [0.2, 0.25) is 23.6 Å². The molecule has 2 saturated heterocycles. The summed E-state index contributed by atoms with van der Waals surface area (Å²) in [6.07, 6.45) is 2.54. The van der Waals surface area contributed by atoms with Crippen molar-refractivity contribution in [2.45, 2.75) is 31.1 Å². The first-order chi connectivity index (χ1) is 23.1. The number of phenols is 1. The van der Waals surface area contributed by atoms with Gasteiger partial charge in [-0.15, -0.1) is 0 Å². The van der Waals surface area contributed by atoms with Crippen LogP contribution in [0.5, 0.6) is 5.75 Å². The molecule has 4 aromatic carbocycles. The molecule has 4 aromatic rings. The van der Waals surface area contributed by atoms with Crippen LogP contribution in [0, 0.1) is 30.6 Å². The molecule has 4 amide bonds. The Labute approximate surface area is 287 Å². The molecule has 1 N–H and O–H groups in total. The van der Waals surface area contributed by atoms with Crippen LogP contribution in [0.2, 0.25) is 10.0 Å². The summed E-state index contributed by atoms with van der Waals surface area (Å²) >= 11 is 12.5. The van der Waals surface area contributed by atoms with Gasteiger partial charge in [-0.05, 0) is 90.9 Å². The van der Waals surface area contributed by atoms with E-state index in [0.29, 0.717) is 39.0 Å². The van der Waals surface area contributed by atoms with Crippen molar-refractivity contribution in [3.63, 3.8) is 0 Å². The second-order valence-electron chi connectivity index (χ2n) is 13.1. The first-order valence-electron chi connectivity index (χ1n) is 15.9. The third-order valence-corrected chi connectivity index (χ3v) is 11.3. The van der Waals surface area contributed by atoms with Gasteiger partial charge in [-0.2, -0.15) is 0 Å². The van der Waals surface area contributed by atoms with E-state index in [1.54, 1.807) is 67.6 Å². The molecule has 0 spiro atoms. The average Bonchev–Trinajstić information content (AvgIpc) is 3.47. The first kappa shape index (κ1) is 30.6. The number of carbonyl (C=O) groups excluding carboxylic acids is 4. The van der Waals surface area contributed by atoms with Crippen LogP contribution >= 0.6 is 23.2 Å². The van der Waals surface area contributed by atoms with Gasteiger partial charge in [0.15, 0.2) is 0 Å². The van der Waals surface area contributed by atoms with E-state index in [9.17, 15) is 19.5 Å². The van der Waals surface area contributed by atoms with Crippen LogP contribution in [-0.4, -0.2) is 28.7 Å². The summed E-state index contributed by atoms with van der Waals surface area (Å²) in [5.41, 5.74) is 2.35. The van der Waals surface area contributed by atoms with Crippen molar-refractivity contribution < 1.29 is 24.3 Å². The van der Waals surface area contributed by atoms with Crippen molar-refractivity contribution in [3.8, 4) is 5.75 Å². The predicted molar refractivity (Wildman–Crippen MR) is 183 cm³/mol. The predicted octanol–water partition coefficient (Wildman–Crippen LogP) is 7.37. The zero-order valence-corrected chi connectivity index (χ0v) is 27.4. The van der Waals surface area contributed by atoms with Gasteiger partial charge in [0, 0.05) is 16.0 Å². The number of phenolic OH excluding ortho intramolecular Hbond substituents is 1. The van der Waals surface area contributed by atoms with E-state index >= 15 is 4.79 Å². The van der Waals surface area contributed by atoms with Crippen molar-refractivity contribution in [2.24, 2.45) is 23.7 Å². The van der Waals surface area contributed by atoms with Crippen molar-refractivity contribution >= 4 is 58.2 Å². The number of fused-ring (bicyclic) bond motifs is 4. The van der Waals surface area contributed by atoms with Crippen molar-refractivity contribution in [2.75, 3.05) is 9.80 Å². The molecule has 2 heterocycles. The lowest BCUT2D eigenvalue weighted by Gasteiger charge is -2.50. The molecule has 6 unspecified atom stereocenters. The molecule has 9 heteroatoms. The Bertz CT molecular complexity index is 2060. The molecule has 4 aliphatic rings. The van der Waals surface area contributed by atoms with Crippen molar-refractivity contribution in [1.29, 1.82) is 0 Å². The topological polar surface area (TPSA) is 95.0 Å². The van der Waals surface area contributed by atoms with E-state index in [1.165, 1.54) is 9.80 Å². The largest absolute Gasteiger partial charge is 0.508 e. The van der Waals surface area contributed by atoms with Gasteiger partial charge >= 0.3 is 0 Å². The van der Waals surface area contributed by atoms with Crippen molar-refractivity contribution in [3.05, 3.63) is 135 Å². The SMILES string of the molecule is Cc1cc(C2C3=CCC4C(=O)N(c5ccc(Cl)cc5)C(=O)C4C3CC3C(=O)N(c4cccc(Cl)c4)C(=O)C32c2ccccc2)ccc1O. The number of imide groups is 2. The molecule has 0 aromatic heterocycles. The van der Waals surface area contributed by atoms with Crippen LogP contribution in [0.1, 0.15) is 35.4 Å². The number of hydrogen-bond donors (Lipinski definition) is 1. The van der Waals surface area contributed by atoms with E-state index < -0.39 is 35.0 Å². The summed E-state index contributed by atoms with van der Waals surface area (Å²) in [5, 5.41) is 11.4. The summed E-state index contributed by atoms with van der Waals surface area (Å²) < 4.78 is 0. The number of rotatable bonds is 4. The highest BCUT2D eigenvalue weighted by Gasteiger charge is 2.70. The number of aromatic hydroxyl groups is 1. The van der Waals surface area contributed by atoms with E-state index in [0.717, 1.165) is 11.1 Å². The Balaban J connectivity index is 1.35. The quantitative estimate of drug-likeness (QED) is 0.180. The minimum absolute atomic E-state index is 0.110. The number of nitrogens with zero attached hydrogens (tertiary/aromatic N) is 2. The number of aryl methyl sites for hydroxylation is 1. The maximum atomic E-state index is 15.2. The summed E-state index contributed by atoms with van der Waals surface area (Å²) in [7, 11) is 0. The number of anilines is 2. The fraction of sp³-hybridized carbons (Fsp3) is 0.231. The van der Waals surface area contributed by atoms with Gasteiger partial charge in [0.25, 0.3) is 0 Å². The fourth-order valence-corrected chi connectivity index (χ4v) is 9.13. The number of hydrogen-bond acceptors (Lipinski definition) is 5. The Morgan fingerprint density at radius 1 is 0.729 bits per heavy atom. The lowest BCUT2D eigenvalue weighted by molar-refractivity contribution is -0.127. The number of amides is 4. The highest BCUT2D eigenvalue weighted by molar-refractivity contribution is 6.32. The smallest absolute Gasteiger partial charge is 0.246 e. The number of carbonyl (C=O) groups is 4. The lowest BCUT2D eigenvalue weighted by atomic mass is 9.49. The van der Waals surface area contributed by atoms with Crippen LogP contribution < -0.4 is 9.80 Å². The molecule has 3 fully saturated rings. The third-order valence-electron chi connectivity index (χ3n) is 10.8. The molecule has 48 heavy (non-hydrogen) atoms. The second kappa shape index (κ2) is 11.2. The highest BCUT2D eigenvalue weighted by Crippen LogP contribution is 2.64. The molecule has 6 atom stereocenters. The zero-order valence-electron chi connectivity index (χ0n) is 25.8. The van der Waals surface area contributed by atoms with Crippen LogP contribution in [0.25, 0.3) is 0 Å². The van der Waals surface area contributed by atoms with Gasteiger partial charge in [0.05, 0.1) is 34.5 Å². The summed E-state index contributed by atoms with van der Waals surface area (Å²) in [5.74, 6) is -4.59. The van der Waals surface area contributed by atoms with Crippen LogP contribution in [-0.2, 0) is 24.6 Å². The second-order valence-corrected chi connectivity index (χ2v) is 14.0. The molecule has 240 valence electrons. The molecular weight excluding hydrogens is 647 g/mol. The Kier molecular flexibility index (Phi) is 7.13. The maximum absolute atomic E-state index is 15.2. The summed E-state index contributed by atoms with van der Waals surface area (Å²) in [6.45, 7) is 1.79. The van der Waals surface area contributed by atoms with Crippen LogP contribution in [0.15, 0.2) is 109 Å². The number of benzene rings is 4. The van der Waals surface area contributed by atoms with E-state index in [4.69, 9.17) is 23.2 Å². The average molecular weight is 678 g/mol. The molecular formula is C39H30Cl2N2O5. The molecule has 2 aliphatic carbocycles. The summed E-state index contributed by atoms with van der Waals surface area (Å²) in [6, 6.07) is 28.0. The van der Waals surface area contributed by atoms with Gasteiger partial charge in [-0.25, -0.2) is 4.90 Å². The van der Waals surface area contributed by atoms with Gasteiger partial charge in [-0.1, -0.05) is 83.4 Å². The lowest BCUT2D eigenvalue weighted by Crippen LogP contribution is -2.53.